The van der Waals surface area contributed by atoms with Crippen molar-refractivity contribution >= 4 is 18.3 Å². The van der Waals surface area contributed by atoms with Crippen LogP contribution in [0.4, 0.5) is 0 Å². The third-order valence-electron chi connectivity index (χ3n) is 2.98. The number of carbonyl (C=O) groups is 1. The highest BCUT2D eigenvalue weighted by Gasteiger charge is 2.19. The Hall–Kier alpha value is -0.320. The number of halogens is 1. The quantitative estimate of drug-likeness (QED) is 0.714. The predicted octanol–water partition coefficient (Wildman–Crippen LogP) is 1.46. The third kappa shape index (κ3) is 7.90. The van der Waals surface area contributed by atoms with Crippen LogP contribution in [0.15, 0.2) is 0 Å². The first-order chi connectivity index (χ1) is 7.87. The summed E-state index contributed by atoms with van der Waals surface area (Å²) in [6.45, 7) is 7.63. The Morgan fingerprint density at radius 1 is 1.50 bits per heavy atom. The Labute approximate surface area is 116 Å². The van der Waals surface area contributed by atoms with Gasteiger partial charge in [0.05, 0.1) is 6.10 Å². The molecule has 1 saturated heterocycles. The van der Waals surface area contributed by atoms with Gasteiger partial charge in [0, 0.05) is 19.0 Å². The summed E-state index contributed by atoms with van der Waals surface area (Å²) in [5.74, 6) is 0.0392. The zero-order valence-corrected chi connectivity index (χ0v) is 12.5. The van der Waals surface area contributed by atoms with Gasteiger partial charge in [-0.3, -0.25) is 4.79 Å². The topological polar surface area (TPSA) is 61.4 Å². The van der Waals surface area contributed by atoms with E-state index in [1.807, 2.05) is 0 Å². The lowest BCUT2D eigenvalue weighted by molar-refractivity contribution is -0.122. The van der Waals surface area contributed by atoms with Crippen molar-refractivity contribution in [1.82, 2.24) is 10.6 Å². The molecule has 2 atom stereocenters. The summed E-state index contributed by atoms with van der Waals surface area (Å²) in [6.07, 6.45) is 3.02. The molecule has 0 bridgehead atoms. The Bertz CT molecular complexity index is 248. The molecule has 1 heterocycles. The molecule has 108 valence electrons. The first kappa shape index (κ1) is 17.7. The number of hydrogen-bond acceptors (Lipinski definition) is 3. The zero-order valence-electron chi connectivity index (χ0n) is 11.7. The van der Waals surface area contributed by atoms with E-state index in [1.54, 1.807) is 0 Å². The Kier molecular flexibility index (Phi) is 7.83. The van der Waals surface area contributed by atoms with Gasteiger partial charge in [-0.25, -0.2) is 0 Å². The zero-order chi connectivity index (χ0) is 12.9. The van der Waals surface area contributed by atoms with Crippen LogP contribution in [-0.2, 0) is 4.79 Å². The molecular formula is C13H27ClN2O2. The van der Waals surface area contributed by atoms with Crippen LogP contribution < -0.4 is 10.6 Å². The number of aliphatic hydroxyl groups is 1. The monoisotopic (exact) mass is 278 g/mol. The van der Waals surface area contributed by atoms with Crippen molar-refractivity contribution in [3.63, 3.8) is 0 Å². The summed E-state index contributed by atoms with van der Waals surface area (Å²) in [5.41, 5.74) is 0.0944. The Morgan fingerprint density at radius 2 is 2.17 bits per heavy atom. The van der Waals surface area contributed by atoms with Gasteiger partial charge >= 0.3 is 0 Å². The fraction of sp³-hybridized carbons (Fsp3) is 0.923. The maximum atomic E-state index is 11.6. The predicted molar refractivity (Wildman–Crippen MR) is 76.0 cm³/mol. The highest BCUT2D eigenvalue weighted by molar-refractivity contribution is 5.85. The molecule has 1 aliphatic heterocycles. The van der Waals surface area contributed by atoms with Crippen molar-refractivity contribution in [1.29, 1.82) is 0 Å². The summed E-state index contributed by atoms with van der Waals surface area (Å²) in [6, 6.07) is 0.328. The molecule has 1 aliphatic rings. The van der Waals surface area contributed by atoms with E-state index in [4.69, 9.17) is 0 Å². The van der Waals surface area contributed by atoms with Gasteiger partial charge < -0.3 is 15.7 Å². The van der Waals surface area contributed by atoms with Gasteiger partial charge in [0.25, 0.3) is 0 Å². The third-order valence-corrected chi connectivity index (χ3v) is 2.98. The van der Waals surface area contributed by atoms with Crippen LogP contribution in [0.3, 0.4) is 0 Å². The maximum absolute atomic E-state index is 11.6. The molecular weight excluding hydrogens is 252 g/mol. The molecule has 3 N–H and O–H groups in total. The van der Waals surface area contributed by atoms with Crippen LogP contribution in [0.5, 0.6) is 0 Å². The Morgan fingerprint density at radius 3 is 2.67 bits per heavy atom. The van der Waals surface area contributed by atoms with Gasteiger partial charge in [-0.05, 0) is 31.2 Å². The van der Waals surface area contributed by atoms with Gasteiger partial charge in [-0.2, -0.15) is 0 Å². The standard InChI is InChI=1S/C13H26N2O2.ClH/c1-13(2,3)8-11(16)9-15-12(17)7-10-5-4-6-14-10;/h10-11,14,16H,4-9H2,1-3H3,(H,15,17);1H. The van der Waals surface area contributed by atoms with Crippen molar-refractivity contribution < 1.29 is 9.90 Å². The summed E-state index contributed by atoms with van der Waals surface area (Å²) < 4.78 is 0. The summed E-state index contributed by atoms with van der Waals surface area (Å²) >= 11 is 0. The lowest BCUT2D eigenvalue weighted by atomic mass is 9.89. The van der Waals surface area contributed by atoms with Gasteiger partial charge in [0.1, 0.15) is 0 Å². The molecule has 1 amide bonds. The van der Waals surface area contributed by atoms with E-state index >= 15 is 0 Å². The van der Waals surface area contributed by atoms with E-state index in [0.717, 1.165) is 19.4 Å². The average molecular weight is 279 g/mol. The highest BCUT2D eigenvalue weighted by Crippen LogP contribution is 2.20. The number of rotatable bonds is 5. The fourth-order valence-electron chi connectivity index (χ4n) is 2.24. The van der Waals surface area contributed by atoms with E-state index in [2.05, 4.69) is 31.4 Å². The Balaban J connectivity index is 0.00000289. The van der Waals surface area contributed by atoms with Gasteiger partial charge in [-0.1, -0.05) is 20.8 Å². The van der Waals surface area contributed by atoms with Crippen molar-refractivity contribution in [2.75, 3.05) is 13.1 Å². The molecule has 18 heavy (non-hydrogen) atoms. The smallest absolute Gasteiger partial charge is 0.221 e. The van der Waals surface area contributed by atoms with Crippen molar-refractivity contribution in [3.05, 3.63) is 0 Å². The van der Waals surface area contributed by atoms with Crippen LogP contribution in [-0.4, -0.2) is 36.2 Å². The molecule has 0 aromatic rings. The van der Waals surface area contributed by atoms with E-state index in [1.165, 1.54) is 0 Å². The molecule has 4 nitrogen and oxygen atoms in total. The number of aliphatic hydroxyl groups excluding tert-OH is 1. The van der Waals surface area contributed by atoms with E-state index in [9.17, 15) is 9.90 Å². The van der Waals surface area contributed by atoms with Crippen molar-refractivity contribution in [3.8, 4) is 0 Å². The van der Waals surface area contributed by atoms with Crippen LogP contribution >= 0.6 is 12.4 Å². The molecule has 0 aromatic heterocycles. The first-order valence-electron chi connectivity index (χ1n) is 6.55. The second-order valence-corrected chi connectivity index (χ2v) is 6.22. The largest absolute Gasteiger partial charge is 0.391 e. The lowest BCUT2D eigenvalue weighted by Gasteiger charge is -2.22. The van der Waals surface area contributed by atoms with Gasteiger partial charge in [0.2, 0.25) is 5.91 Å². The second kappa shape index (κ2) is 7.97. The second-order valence-electron chi connectivity index (χ2n) is 6.22. The average Bonchev–Trinajstić information content (AvgIpc) is 2.64. The van der Waals surface area contributed by atoms with E-state index in [-0.39, 0.29) is 23.7 Å². The molecule has 0 saturated carbocycles. The summed E-state index contributed by atoms with van der Waals surface area (Å²) in [7, 11) is 0. The molecule has 0 aromatic carbocycles. The number of hydrogen-bond donors (Lipinski definition) is 3. The fourth-order valence-corrected chi connectivity index (χ4v) is 2.24. The van der Waals surface area contributed by atoms with E-state index < -0.39 is 6.10 Å². The summed E-state index contributed by atoms with van der Waals surface area (Å²) in [5, 5.41) is 15.9. The molecule has 0 aliphatic carbocycles. The molecule has 1 fully saturated rings. The minimum absolute atomic E-state index is 0. The maximum Gasteiger partial charge on any atom is 0.221 e. The normalized spacial score (nSPS) is 21.2. The lowest BCUT2D eigenvalue weighted by Crippen LogP contribution is -2.37. The molecule has 1 rings (SSSR count). The number of carbonyl (C=O) groups excluding carboxylic acids is 1. The van der Waals surface area contributed by atoms with Gasteiger partial charge in [0.15, 0.2) is 0 Å². The van der Waals surface area contributed by atoms with Crippen molar-refractivity contribution in [2.24, 2.45) is 5.41 Å². The first-order valence-corrected chi connectivity index (χ1v) is 6.55. The van der Waals surface area contributed by atoms with E-state index in [0.29, 0.717) is 25.4 Å². The van der Waals surface area contributed by atoms with Crippen LogP contribution in [0, 0.1) is 5.41 Å². The van der Waals surface area contributed by atoms with Gasteiger partial charge in [-0.15, -0.1) is 12.4 Å². The molecule has 0 spiro atoms. The molecule has 0 radical (unpaired) electrons. The minimum atomic E-state index is -0.449. The van der Waals surface area contributed by atoms with Crippen LogP contribution in [0.1, 0.15) is 46.5 Å². The highest BCUT2D eigenvalue weighted by atomic mass is 35.5. The SMILES string of the molecule is CC(C)(C)CC(O)CNC(=O)CC1CCCN1.Cl. The number of amides is 1. The molecule has 5 heteroatoms. The summed E-state index contributed by atoms with van der Waals surface area (Å²) in [4.78, 5) is 11.6. The van der Waals surface area contributed by atoms with Crippen LogP contribution in [0.2, 0.25) is 0 Å². The van der Waals surface area contributed by atoms with Crippen LogP contribution in [0.25, 0.3) is 0 Å². The number of nitrogens with one attached hydrogen (secondary N) is 2. The molecule has 2 unspecified atom stereocenters. The minimum Gasteiger partial charge on any atom is -0.391 e. The van der Waals surface area contributed by atoms with Crippen molar-refractivity contribution in [2.45, 2.75) is 58.6 Å².